The number of ketones is 1. The summed E-state index contributed by atoms with van der Waals surface area (Å²) in [4.78, 5) is 47.3. The van der Waals surface area contributed by atoms with E-state index in [0.29, 0.717) is 28.2 Å². The van der Waals surface area contributed by atoms with Crippen LogP contribution in [0.2, 0.25) is 0 Å². The van der Waals surface area contributed by atoms with E-state index in [1.807, 2.05) is 19.1 Å². The van der Waals surface area contributed by atoms with Gasteiger partial charge in [-0.2, -0.15) is 5.10 Å². The summed E-state index contributed by atoms with van der Waals surface area (Å²) >= 11 is 0. The quantitative estimate of drug-likeness (QED) is 0.598. The molecule has 0 spiro atoms. The van der Waals surface area contributed by atoms with Gasteiger partial charge in [-0.3, -0.25) is 19.2 Å². The van der Waals surface area contributed by atoms with Crippen molar-refractivity contribution in [3.05, 3.63) is 76.1 Å². The SMILES string of the molecule is CC(=O)Nc1cc(-c2ccc(=O)n(CC(=O)Nc3ccc(C(C)=O)cc3)n2)ccc1C. The summed E-state index contributed by atoms with van der Waals surface area (Å²) in [6, 6.07) is 14.8. The lowest BCUT2D eigenvalue weighted by Gasteiger charge is -2.11. The van der Waals surface area contributed by atoms with Crippen molar-refractivity contribution in [3.8, 4) is 11.3 Å². The van der Waals surface area contributed by atoms with Gasteiger partial charge >= 0.3 is 0 Å². The van der Waals surface area contributed by atoms with E-state index in [0.717, 1.165) is 10.2 Å². The number of aromatic nitrogens is 2. The number of hydrogen-bond donors (Lipinski definition) is 2. The Balaban J connectivity index is 1.79. The van der Waals surface area contributed by atoms with Gasteiger partial charge in [0.05, 0.1) is 5.69 Å². The predicted molar refractivity (Wildman–Crippen MR) is 118 cm³/mol. The number of carbonyl (C=O) groups excluding carboxylic acids is 3. The zero-order valence-corrected chi connectivity index (χ0v) is 17.4. The Morgan fingerprint density at radius 1 is 0.935 bits per heavy atom. The summed E-state index contributed by atoms with van der Waals surface area (Å²) in [5, 5.41) is 9.74. The first-order valence-corrected chi connectivity index (χ1v) is 9.60. The normalized spacial score (nSPS) is 10.4. The zero-order chi connectivity index (χ0) is 22.5. The van der Waals surface area contributed by atoms with E-state index >= 15 is 0 Å². The minimum atomic E-state index is -0.426. The van der Waals surface area contributed by atoms with Crippen LogP contribution in [0.3, 0.4) is 0 Å². The van der Waals surface area contributed by atoms with Gasteiger partial charge in [0.25, 0.3) is 5.56 Å². The molecule has 2 N–H and O–H groups in total. The van der Waals surface area contributed by atoms with Gasteiger partial charge < -0.3 is 10.6 Å². The number of nitrogens with one attached hydrogen (secondary N) is 2. The van der Waals surface area contributed by atoms with E-state index in [1.165, 1.54) is 19.9 Å². The fraction of sp³-hybridized carbons (Fsp3) is 0.174. The van der Waals surface area contributed by atoms with E-state index in [2.05, 4.69) is 15.7 Å². The van der Waals surface area contributed by atoms with E-state index < -0.39 is 11.5 Å². The van der Waals surface area contributed by atoms with Crippen LogP contribution in [0.4, 0.5) is 11.4 Å². The fourth-order valence-corrected chi connectivity index (χ4v) is 2.95. The van der Waals surface area contributed by atoms with Crippen molar-refractivity contribution in [1.82, 2.24) is 9.78 Å². The van der Waals surface area contributed by atoms with Crippen molar-refractivity contribution < 1.29 is 14.4 Å². The fourth-order valence-electron chi connectivity index (χ4n) is 2.95. The second kappa shape index (κ2) is 9.17. The zero-order valence-electron chi connectivity index (χ0n) is 17.4. The van der Waals surface area contributed by atoms with Gasteiger partial charge in [-0.15, -0.1) is 0 Å². The molecule has 158 valence electrons. The van der Waals surface area contributed by atoms with Gasteiger partial charge in [-0.25, -0.2) is 4.68 Å². The Morgan fingerprint density at radius 3 is 2.29 bits per heavy atom. The average Bonchev–Trinajstić information content (AvgIpc) is 2.71. The first-order valence-electron chi connectivity index (χ1n) is 9.60. The molecule has 3 rings (SSSR count). The van der Waals surface area contributed by atoms with Gasteiger partial charge in [0.15, 0.2) is 5.78 Å². The number of benzene rings is 2. The topological polar surface area (TPSA) is 110 Å². The summed E-state index contributed by atoms with van der Waals surface area (Å²) in [7, 11) is 0. The number of Topliss-reactive ketones (excluding diaryl/α,β-unsaturated/α-hetero) is 1. The van der Waals surface area contributed by atoms with Gasteiger partial charge in [0.1, 0.15) is 6.54 Å². The van der Waals surface area contributed by atoms with Crippen molar-refractivity contribution in [2.75, 3.05) is 10.6 Å². The van der Waals surface area contributed by atoms with Crippen LogP contribution >= 0.6 is 0 Å². The molecule has 0 unspecified atom stereocenters. The summed E-state index contributed by atoms with van der Waals surface area (Å²) in [5.74, 6) is -0.681. The maximum Gasteiger partial charge on any atom is 0.267 e. The molecule has 0 atom stereocenters. The Bertz CT molecular complexity index is 1210. The standard InChI is InChI=1S/C23H22N4O4/c1-14-4-5-18(12-21(14)24-16(3)29)20-10-11-23(31)27(26-20)13-22(30)25-19-8-6-17(7-9-19)15(2)28/h4-12H,13H2,1-3H3,(H,24,29)(H,25,30). The highest BCUT2D eigenvalue weighted by Gasteiger charge is 2.10. The molecule has 0 bridgehead atoms. The molecule has 0 aliphatic heterocycles. The van der Waals surface area contributed by atoms with Crippen LogP contribution < -0.4 is 16.2 Å². The van der Waals surface area contributed by atoms with Crippen molar-refractivity contribution in [2.45, 2.75) is 27.3 Å². The number of amides is 2. The number of aryl methyl sites for hydroxylation is 1. The second-order valence-electron chi connectivity index (χ2n) is 7.11. The summed E-state index contributed by atoms with van der Waals surface area (Å²) in [6.07, 6.45) is 0. The van der Waals surface area contributed by atoms with Gasteiger partial charge in [0, 0.05) is 35.5 Å². The number of rotatable bonds is 6. The first kappa shape index (κ1) is 21.6. The highest BCUT2D eigenvalue weighted by atomic mass is 16.2. The lowest BCUT2D eigenvalue weighted by atomic mass is 10.1. The minimum Gasteiger partial charge on any atom is -0.326 e. The van der Waals surface area contributed by atoms with Gasteiger partial charge in [-0.1, -0.05) is 12.1 Å². The Morgan fingerprint density at radius 2 is 1.65 bits per heavy atom. The third kappa shape index (κ3) is 5.51. The van der Waals surface area contributed by atoms with Crippen LogP contribution in [0.5, 0.6) is 0 Å². The smallest absolute Gasteiger partial charge is 0.267 e. The van der Waals surface area contributed by atoms with Crippen LogP contribution in [-0.2, 0) is 16.1 Å². The van der Waals surface area contributed by atoms with Crippen LogP contribution in [0.1, 0.15) is 29.8 Å². The number of nitrogens with zero attached hydrogens (tertiary/aromatic N) is 2. The molecule has 0 aliphatic rings. The van der Waals surface area contributed by atoms with Crippen molar-refractivity contribution >= 4 is 29.0 Å². The van der Waals surface area contributed by atoms with Crippen LogP contribution in [0, 0.1) is 6.92 Å². The molecule has 0 saturated carbocycles. The predicted octanol–water partition coefficient (Wildman–Crippen LogP) is 3.02. The average molecular weight is 418 g/mol. The van der Waals surface area contributed by atoms with E-state index in [1.54, 1.807) is 36.4 Å². The second-order valence-corrected chi connectivity index (χ2v) is 7.11. The largest absolute Gasteiger partial charge is 0.326 e. The molecular formula is C23H22N4O4. The lowest BCUT2D eigenvalue weighted by Crippen LogP contribution is -2.29. The molecule has 0 aliphatic carbocycles. The van der Waals surface area contributed by atoms with Crippen molar-refractivity contribution in [1.29, 1.82) is 0 Å². The minimum absolute atomic E-state index is 0.0665. The van der Waals surface area contributed by atoms with Crippen LogP contribution in [0.15, 0.2) is 59.4 Å². The maximum atomic E-state index is 12.4. The van der Waals surface area contributed by atoms with E-state index in [9.17, 15) is 19.2 Å². The van der Waals surface area contributed by atoms with E-state index in [-0.39, 0.29) is 18.2 Å². The Hall–Kier alpha value is -4.07. The lowest BCUT2D eigenvalue weighted by molar-refractivity contribution is -0.117. The van der Waals surface area contributed by atoms with Crippen molar-refractivity contribution in [3.63, 3.8) is 0 Å². The molecular weight excluding hydrogens is 396 g/mol. The highest BCUT2D eigenvalue weighted by Crippen LogP contribution is 2.23. The monoisotopic (exact) mass is 418 g/mol. The molecule has 0 fully saturated rings. The highest BCUT2D eigenvalue weighted by molar-refractivity contribution is 5.95. The summed E-state index contributed by atoms with van der Waals surface area (Å²) < 4.78 is 1.08. The molecule has 31 heavy (non-hydrogen) atoms. The van der Waals surface area contributed by atoms with Crippen LogP contribution in [0.25, 0.3) is 11.3 Å². The Kier molecular flexibility index (Phi) is 6.40. The first-order chi connectivity index (χ1) is 14.7. The summed E-state index contributed by atoms with van der Waals surface area (Å²) in [6.45, 7) is 4.49. The third-order valence-electron chi connectivity index (χ3n) is 4.58. The number of anilines is 2. The molecule has 1 aromatic heterocycles. The number of hydrogen-bond acceptors (Lipinski definition) is 5. The molecule has 2 aromatic carbocycles. The van der Waals surface area contributed by atoms with Gasteiger partial charge in [-0.05, 0) is 55.8 Å². The molecule has 0 saturated heterocycles. The van der Waals surface area contributed by atoms with Crippen molar-refractivity contribution in [2.24, 2.45) is 0 Å². The summed E-state index contributed by atoms with van der Waals surface area (Å²) in [5.41, 5.74) is 3.37. The molecule has 8 heteroatoms. The molecule has 8 nitrogen and oxygen atoms in total. The van der Waals surface area contributed by atoms with Crippen LogP contribution in [-0.4, -0.2) is 27.4 Å². The molecule has 0 radical (unpaired) electrons. The number of carbonyl (C=O) groups is 3. The van der Waals surface area contributed by atoms with E-state index in [4.69, 9.17) is 0 Å². The maximum absolute atomic E-state index is 12.4. The third-order valence-corrected chi connectivity index (χ3v) is 4.58. The molecule has 3 aromatic rings. The van der Waals surface area contributed by atoms with Gasteiger partial charge in [0.2, 0.25) is 11.8 Å². The molecule has 1 heterocycles. The molecule has 2 amide bonds. The Labute approximate surface area is 178 Å².